The highest BCUT2D eigenvalue weighted by Crippen LogP contribution is 1.89. The van der Waals surface area contributed by atoms with Gasteiger partial charge in [-0.25, -0.2) is 0 Å². The van der Waals surface area contributed by atoms with Gasteiger partial charge >= 0.3 is 0 Å². The number of carbonyl (C=O) groups is 10. The van der Waals surface area contributed by atoms with Crippen LogP contribution in [-0.4, -0.2) is 143 Å². The van der Waals surface area contributed by atoms with Crippen molar-refractivity contribution < 1.29 is 52.7 Å². The number of nitrogens with zero attached hydrogens (tertiary/aromatic N) is 2. The molecule has 21 heteroatoms. The SMILES string of the molecule is CC(=O)NCC(C)CNC(C)=O.CC(=O)NCN(C=O)CNC(C)=O.CC(=O)NCN(C=O)CNCC=O.COC(CNC(C)=O)CNC(C)=O. The maximum absolute atomic E-state index is 10.5. The summed E-state index contributed by atoms with van der Waals surface area (Å²) in [6.45, 7) is 14.6. The number of hydrogen-bond donors (Lipinski definition) is 8. The zero-order chi connectivity index (χ0) is 40.2. The van der Waals surface area contributed by atoms with Crippen LogP contribution in [0.15, 0.2) is 0 Å². The van der Waals surface area contributed by atoms with Gasteiger partial charge in [-0.15, -0.1) is 0 Å². The number of amides is 9. The minimum atomic E-state index is -0.227. The first kappa shape index (κ1) is 52.6. The van der Waals surface area contributed by atoms with Crippen LogP contribution in [0.1, 0.15) is 55.4 Å². The summed E-state index contributed by atoms with van der Waals surface area (Å²) in [7, 11) is 1.54. The maximum atomic E-state index is 10.5. The second-order valence-electron chi connectivity index (χ2n) is 10.6. The molecule has 51 heavy (non-hydrogen) atoms. The number of ether oxygens (including phenoxy) is 1. The van der Waals surface area contributed by atoms with Gasteiger partial charge in [0.1, 0.15) is 6.29 Å². The third kappa shape index (κ3) is 49.3. The van der Waals surface area contributed by atoms with E-state index in [4.69, 9.17) is 4.74 Å². The third-order valence-corrected chi connectivity index (χ3v) is 5.32. The molecule has 0 heterocycles. The summed E-state index contributed by atoms with van der Waals surface area (Å²) in [5.41, 5.74) is 0. The molecule has 0 saturated carbocycles. The van der Waals surface area contributed by atoms with Gasteiger partial charge in [0.05, 0.1) is 39.3 Å². The molecule has 294 valence electrons. The van der Waals surface area contributed by atoms with E-state index in [1.165, 1.54) is 65.4 Å². The summed E-state index contributed by atoms with van der Waals surface area (Å²) >= 11 is 0. The average molecular weight is 735 g/mol. The van der Waals surface area contributed by atoms with Crippen LogP contribution in [0.3, 0.4) is 0 Å². The van der Waals surface area contributed by atoms with Gasteiger partial charge in [-0.3, -0.25) is 48.5 Å². The van der Waals surface area contributed by atoms with Gasteiger partial charge in [-0.2, -0.15) is 0 Å². The van der Waals surface area contributed by atoms with Gasteiger partial charge in [0.25, 0.3) is 0 Å². The Balaban J connectivity index is -0.000000289. The van der Waals surface area contributed by atoms with E-state index in [0.717, 1.165) is 0 Å². The first-order chi connectivity index (χ1) is 23.8. The lowest BCUT2D eigenvalue weighted by molar-refractivity contribution is -0.125. The highest BCUT2D eigenvalue weighted by atomic mass is 16.5. The van der Waals surface area contributed by atoms with Crippen molar-refractivity contribution in [2.24, 2.45) is 5.92 Å². The third-order valence-electron chi connectivity index (χ3n) is 5.32. The van der Waals surface area contributed by atoms with Gasteiger partial charge in [-0.05, 0) is 5.92 Å². The van der Waals surface area contributed by atoms with E-state index in [9.17, 15) is 47.9 Å². The predicted molar refractivity (Wildman–Crippen MR) is 185 cm³/mol. The first-order valence-corrected chi connectivity index (χ1v) is 15.6. The van der Waals surface area contributed by atoms with Gasteiger partial charge in [0, 0.05) is 81.8 Å². The minimum absolute atomic E-state index is 0.0373. The second kappa shape index (κ2) is 36.1. The van der Waals surface area contributed by atoms with Crippen molar-refractivity contribution in [3.05, 3.63) is 0 Å². The van der Waals surface area contributed by atoms with E-state index in [1.807, 2.05) is 6.92 Å². The smallest absolute Gasteiger partial charge is 0.218 e. The summed E-state index contributed by atoms with van der Waals surface area (Å²) in [6, 6.07) is 0. The van der Waals surface area contributed by atoms with Crippen molar-refractivity contribution in [2.75, 3.05) is 66.5 Å². The van der Waals surface area contributed by atoms with Crippen LogP contribution in [0.25, 0.3) is 0 Å². The molecule has 0 spiro atoms. The van der Waals surface area contributed by atoms with E-state index < -0.39 is 0 Å². The van der Waals surface area contributed by atoms with Gasteiger partial charge in [0.15, 0.2) is 0 Å². The maximum Gasteiger partial charge on any atom is 0.218 e. The Labute approximate surface area is 299 Å². The quantitative estimate of drug-likeness (QED) is 0.0319. The molecule has 0 radical (unpaired) electrons. The van der Waals surface area contributed by atoms with Crippen LogP contribution in [0.4, 0.5) is 0 Å². The highest BCUT2D eigenvalue weighted by molar-refractivity contribution is 5.75. The van der Waals surface area contributed by atoms with Crippen LogP contribution in [0.2, 0.25) is 0 Å². The van der Waals surface area contributed by atoms with E-state index in [0.29, 0.717) is 45.3 Å². The summed E-state index contributed by atoms with van der Waals surface area (Å²) in [5.74, 6) is -0.673. The van der Waals surface area contributed by atoms with Gasteiger partial charge in [-0.1, -0.05) is 6.92 Å². The topological polar surface area (TPSA) is 283 Å². The molecule has 0 atom stereocenters. The molecule has 9 amide bonds. The number of hydrogen-bond acceptors (Lipinski definition) is 12. The van der Waals surface area contributed by atoms with Crippen molar-refractivity contribution in [3.63, 3.8) is 0 Å². The average Bonchev–Trinajstić information content (AvgIpc) is 3.05. The van der Waals surface area contributed by atoms with E-state index in [-0.39, 0.29) is 86.6 Å². The van der Waals surface area contributed by atoms with Gasteiger partial charge in [0.2, 0.25) is 54.2 Å². The molecule has 0 aliphatic rings. The predicted octanol–water partition coefficient (Wildman–Crippen LogP) is -3.92. The number of aldehydes is 1. The summed E-state index contributed by atoms with van der Waals surface area (Å²) in [4.78, 5) is 107. The lowest BCUT2D eigenvalue weighted by Gasteiger charge is -2.17. The second-order valence-corrected chi connectivity index (χ2v) is 10.6. The standard InChI is InChI=1S/C8H16N2O3.C8H16N2O2.2C7H13N3O3/c1-6(11)9-4-8(13-3)5-10-7(2)12;1-6(4-9-7(2)11)5-10-8(3)12;1-6(12)8-3-10(5-11)4-9-7(2)13;1-7(13)9-5-10(6-12)4-8-2-3-11/h8H,4-5H2,1-3H3,(H,9,11)(H,10,12);6H,4-5H2,1-3H3,(H,9,11)(H,10,12);5H,3-4H2,1-2H3,(H,8,12)(H,9,13);3,6,8H,2,4-5H2,1H3,(H,9,13). The molecule has 0 aliphatic carbocycles. The van der Waals surface area contributed by atoms with Crippen LogP contribution >= 0.6 is 0 Å². The molecule has 0 aromatic heterocycles. The van der Waals surface area contributed by atoms with E-state index in [1.54, 1.807) is 0 Å². The van der Waals surface area contributed by atoms with Crippen LogP contribution in [-0.2, 0) is 52.7 Å². The monoisotopic (exact) mass is 734 g/mol. The zero-order valence-electron chi connectivity index (χ0n) is 31.1. The number of nitrogens with one attached hydrogen (secondary N) is 8. The Kier molecular flexibility index (Phi) is 37.3. The van der Waals surface area contributed by atoms with Crippen LogP contribution in [0, 0.1) is 5.92 Å². The van der Waals surface area contributed by atoms with E-state index in [2.05, 4.69) is 42.5 Å². The Morgan fingerprint density at radius 1 is 0.510 bits per heavy atom. The fraction of sp³-hybridized carbons (Fsp3) is 0.667. The number of rotatable bonds is 21. The lowest BCUT2D eigenvalue weighted by atomic mass is 10.2. The minimum Gasteiger partial charge on any atom is -0.378 e. The normalized spacial score (nSPS) is 9.31. The van der Waals surface area contributed by atoms with Crippen molar-refractivity contribution >= 4 is 60.5 Å². The number of carbonyl (C=O) groups excluding carboxylic acids is 10. The van der Waals surface area contributed by atoms with Crippen molar-refractivity contribution in [2.45, 2.75) is 61.5 Å². The first-order valence-electron chi connectivity index (χ1n) is 15.6. The van der Waals surface area contributed by atoms with Crippen LogP contribution in [0.5, 0.6) is 0 Å². The van der Waals surface area contributed by atoms with Crippen LogP contribution < -0.4 is 42.5 Å². The van der Waals surface area contributed by atoms with Gasteiger partial charge < -0.3 is 56.5 Å². The van der Waals surface area contributed by atoms with Crippen molar-refractivity contribution in [1.82, 2.24) is 52.3 Å². The molecule has 0 unspecified atom stereocenters. The van der Waals surface area contributed by atoms with Crippen molar-refractivity contribution in [1.29, 1.82) is 0 Å². The Bertz CT molecular complexity index is 1010. The summed E-state index contributed by atoms with van der Waals surface area (Å²) < 4.78 is 5.02. The molecule has 21 nitrogen and oxygen atoms in total. The molecule has 0 aromatic rings. The summed E-state index contributed by atoms with van der Waals surface area (Å²) in [5, 5.41) is 20.6. The zero-order valence-corrected chi connectivity index (χ0v) is 31.1. The molecule has 0 rings (SSSR count). The number of methoxy groups -OCH3 is 1. The molecular formula is C30H58N10O11. The molecule has 0 saturated heterocycles. The lowest BCUT2D eigenvalue weighted by Crippen LogP contribution is -2.42. The fourth-order valence-electron chi connectivity index (χ4n) is 2.63. The highest BCUT2D eigenvalue weighted by Gasteiger charge is 2.08. The van der Waals surface area contributed by atoms with E-state index >= 15 is 0 Å². The molecule has 0 bridgehead atoms. The molecule has 8 N–H and O–H groups in total. The molecule has 0 aliphatic heterocycles. The summed E-state index contributed by atoms with van der Waals surface area (Å²) in [6.07, 6.45) is 1.66. The molecule has 0 aromatic carbocycles. The Morgan fingerprint density at radius 3 is 1.06 bits per heavy atom. The molecule has 0 fully saturated rings. The Morgan fingerprint density at radius 2 is 0.804 bits per heavy atom. The molecular weight excluding hydrogens is 676 g/mol. The fourth-order valence-corrected chi connectivity index (χ4v) is 2.63. The van der Waals surface area contributed by atoms with Crippen molar-refractivity contribution in [3.8, 4) is 0 Å². The largest absolute Gasteiger partial charge is 0.378 e. The Hall–Kier alpha value is -5.18.